The first-order valence-electron chi connectivity index (χ1n) is 4.37. The van der Waals surface area contributed by atoms with Gasteiger partial charge in [-0.25, -0.2) is 0 Å². The molecule has 0 aromatic carbocycles. The minimum Gasteiger partial charge on any atom is -0.480 e. The molecule has 0 saturated carbocycles. The molecular formula is C9H18O2S. The van der Waals surface area contributed by atoms with E-state index in [0.29, 0.717) is 17.6 Å². The molecule has 0 aliphatic heterocycles. The van der Waals surface area contributed by atoms with Gasteiger partial charge >= 0.3 is 5.97 Å². The van der Waals surface area contributed by atoms with Gasteiger partial charge in [0.15, 0.2) is 0 Å². The van der Waals surface area contributed by atoms with Crippen LogP contribution < -0.4 is 0 Å². The summed E-state index contributed by atoms with van der Waals surface area (Å²) in [7, 11) is 0. The van der Waals surface area contributed by atoms with Crippen molar-refractivity contribution in [3.05, 3.63) is 0 Å². The normalized spacial score (nSPS) is 16.1. The van der Waals surface area contributed by atoms with Gasteiger partial charge < -0.3 is 5.11 Å². The Bertz CT molecular complexity index is 145. The van der Waals surface area contributed by atoms with E-state index < -0.39 is 5.97 Å². The van der Waals surface area contributed by atoms with Crippen molar-refractivity contribution in [2.24, 2.45) is 5.92 Å². The number of carbonyl (C=O) groups is 1. The van der Waals surface area contributed by atoms with Gasteiger partial charge in [-0.2, -0.15) is 0 Å². The molecule has 0 bridgehead atoms. The van der Waals surface area contributed by atoms with Crippen LogP contribution in [0.15, 0.2) is 0 Å². The Kier molecular flexibility index (Phi) is 5.38. The van der Waals surface area contributed by atoms with Crippen LogP contribution in [0.4, 0.5) is 0 Å². The summed E-state index contributed by atoms with van der Waals surface area (Å²) in [5, 5.41) is 8.97. The number of carboxylic acids is 1. The van der Waals surface area contributed by atoms with Crippen LogP contribution in [0.5, 0.6) is 0 Å². The molecule has 2 atom stereocenters. The summed E-state index contributed by atoms with van der Waals surface area (Å²) >= 11 is 1.56. The van der Waals surface area contributed by atoms with E-state index in [1.807, 2.05) is 6.92 Å². The van der Waals surface area contributed by atoms with Crippen molar-refractivity contribution in [3.63, 3.8) is 0 Å². The Labute approximate surface area is 78.7 Å². The van der Waals surface area contributed by atoms with E-state index in [-0.39, 0.29) is 5.25 Å². The predicted molar refractivity (Wildman–Crippen MR) is 53.6 cm³/mol. The van der Waals surface area contributed by atoms with Crippen LogP contribution in [0.25, 0.3) is 0 Å². The topological polar surface area (TPSA) is 37.3 Å². The molecule has 2 unspecified atom stereocenters. The summed E-state index contributed by atoms with van der Waals surface area (Å²) < 4.78 is 0. The molecule has 72 valence electrons. The fourth-order valence-electron chi connectivity index (χ4n) is 0.745. The zero-order valence-corrected chi connectivity index (χ0v) is 9.02. The molecule has 0 aromatic heterocycles. The Morgan fingerprint density at radius 1 is 1.42 bits per heavy atom. The molecule has 0 spiro atoms. The Morgan fingerprint density at radius 3 is 2.17 bits per heavy atom. The molecular weight excluding hydrogens is 172 g/mol. The van der Waals surface area contributed by atoms with Crippen molar-refractivity contribution < 1.29 is 9.90 Å². The maximum atomic E-state index is 10.7. The van der Waals surface area contributed by atoms with Gasteiger partial charge in [0.25, 0.3) is 0 Å². The van der Waals surface area contributed by atoms with Crippen molar-refractivity contribution >= 4 is 17.7 Å². The Balaban J connectivity index is 3.94. The van der Waals surface area contributed by atoms with Crippen LogP contribution in [0.3, 0.4) is 0 Å². The van der Waals surface area contributed by atoms with E-state index in [0.717, 1.165) is 0 Å². The van der Waals surface area contributed by atoms with Crippen LogP contribution in [-0.4, -0.2) is 21.6 Å². The van der Waals surface area contributed by atoms with Crippen molar-refractivity contribution in [1.29, 1.82) is 0 Å². The second-order valence-corrected chi connectivity index (χ2v) is 4.91. The fourth-order valence-corrected chi connectivity index (χ4v) is 1.89. The molecule has 0 radical (unpaired) electrons. The number of hydrogen-bond acceptors (Lipinski definition) is 2. The summed E-state index contributed by atoms with van der Waals surface area (Å²) in [5.74, 6) is -0.140. The molecule has 2 nitrogen and oxygen atoms in total. The van der Waals surface area contributed by atoms with Crippen molar-refractivity contribution in [2.75, 3.05) is 0 Å². The highest BCUT2D eigenvalue weighted by Gasteiger charge is 2.20. The summed E-state index contributed by atoms with van der Waals surface area (Å²) in [5.41, 5.74) is 0. The molecule has 0 aliphatic carbocycles. The molecule has 0 fully saturated rings. The maximum Gasteiger partial charge on any atom is 0.316 e. The van der Waals surface area contributed by atoms with E-state index in [1.165, 1.54) is 0 Å². The zero-order chi connectivity index (χ0) is 9.72. The van der Waals surface area contributed by atoms with Crippen molar-refractivity contribution in [2.45, 2.75) is 44.6 Å². The van der Waals surface area contributed by atoms with Crippen molar-refractivity contribution in [1.82, 2.24) is 0 Å². The van der Waals surface area contributed by atoms with E-state index in [4.69, 9.17) is 5.11 Å². The summed E-state index contributed by atoms with van der Waals surface area (Å²) in [6.45, 7) is 8.23. The lowest BCUT2D eigenvalue weighted by molar-refractivity contribution is -0.136. The average molecular weight is 190 g/mol. The Morgan fingerprint density at radius 2 is 1.92 bits per heavy atom. The summed E-state index contributed by atoms with van der Waals surface area (Å²) in [6, 6.07) is 0. The minimum absolute atomic E-state index is 0.234. The van der Waals surface area contributed by atoms with Gasteiger partial charge in [-0.15, -0.1) is 11.8 Å². The third-order valence-corrected chi connectivity index (χ3v) is 3.80. The predicted octanol–water partition coefficient (Wildman–Crippen LogP) is 2.63. The third-order valence-electron chi connectivity index (χ3n) is 1.96. The lowest BCUT2D eigenvalue weighted by Crippen LogP contribution is -2.20. The number of hydrogen-bond donors (Lipinski definition) is 1. The molecule has 0 aromatic rings. The lowest BCUT2D eigenvalue weighted by Gasteiger charge is -2.18. The highest BCUT2D eigenvalue weighted by molar-refractivity contribution is 8.01. The molecule has 1 N–H and O–H groups in total. The number of thioether (sulfide) groups is 1. The van der Waals surface area contributed by atoms with Gasteiger partial charge in [0, 0.05) is 5.25 Å². The molecule has 0 amide bonds. The van der Waals surface area contributed by atoms with Crippen LogP contribution in [0.1, 0.15) is 34.1 Å². The molecule has 3 heteroatoms. The molecule has 12 heavy (non-hydrogen) atoms. The number of rotatable bonds is 5. The molecule has 0 saturated heterocycles. The van der Waals surface area contributed by atoms with Crippen LogP contribution in [-0.2, 0) is 4.79 Å². The second-order valence-electron chi connectivity index (χ2n) is 3.32. The van der Waals surface area contributed by atoms with Gasteiger partial charge in [-0.1, -0.05) is 27.7 Å². The van der Waals surface area contributed by atoms with E-state index in [1.54, 1.807) is 11.8 Å². The van der Waals surface area contributed by atoms with E-state index in [2.05, 4.69) is 20.8 Å². The standard InChI is InChI=1S/C9H18O2S/c1-5-8(9(10)11)12-7(4)6(2)3/h6-8H,5H2,1-4H3,(H,10,11). The third kappa shape index (κ3) is 4.00. The largest absolute Gasteiger partial charge is 0.480 e. The van der Waals surface area contributed by atoms with Crippen LogP contribution >= 0.6 is 11.8 Å². The van der Waals surface area contributed by atoms with E-state index in [9.17, 15) is 4.79 Å². The first kappa shape index (κ1) is 11.8. The average Bonchev–Trinajstić information content (AvgIpc) is 1.98. The highest BCUT2D eigenvalue weighted by Crippen LogP contribution is 2.25. The number of aliphatic carboxylic acids is 1. The smallest absolute Gasteiger partial charge is 0.316 e. The quantitative estimate of drug-likeness (QED) is 0.724. The van der Waals surface area contributed by atoms with Crippen LogP contribution in [0, 0.1) is 5.92 Å². The lowest BCUT2D eigenvalue weighted by atomic mass is 10.2. The van der Waals surface area contributed by atoms with Gasteiger partial charge in [-0.3, -0.25) is 4.79 Å². The maximum absolute atomic E-state index is 10.7. The van der Waals surface area contributed by atoms with Gasteiger partial charge in [0.1, 0.15) is 5.25 Å². The monoisotopic (exact) mass is 190 g/mol. The second kappa shape index (κ2) is 5.46. The van der Waals surface area contributed by atoms with Gasteiger partial charge in [0.2, 0.25) is 0 Å². The van der Waals surface area contributed by atoms with Gasteiger partial charge in [-0.05, 0) is 12.3 Å². The molecule has 0 rings (SSSR count). The SMILES string of the molecule is CCC(SC(C)C(C)C)C(=O)O. The van der Waals surface area contributed by atoms with Crippen LogP contribution in [0.2, 0.25) is 0 Å². The Hall–Kier alpha value is -0.180. The number of carboxylic acid groups (broad SMARTS) is 1. The fraction of sp³-hybridized carbons (Fsp3) is 0.889. The molecule has 0 heterocycles. The zero-order valence-electron chi connectivity index (χ0n) is 8.20. The van der Waals surface area contributed by atoms with E-state index >= 15 is 0 Å². The van der Waals surface area contributed by atoms with Crippen molar-refractivity contribution in [3.8, 4) is 0 Å². The minimum atomic E-state index is -0.685. The van der Waals surface area contributed by atoms with Gasteiger partial charge in [0.05, 0.1) is 0 Å². The molecule has 0 aliphatic rings. The first-order valence-corrected chi connectivity index (χ1v) is 5.31. The summed E-state index contributed by atoms with van der Waals surface area (Å²) in [4.78, 5) is 10.7. The first-order chi connectivity index (χ1) is 5.49. The summed E-state index contributed by atoms with van der Waals surface area (Å²) in [6.07, 6.45) is 0.705. The highest BCUT2D eigenvalue weighted by atomic mass is 32.2.